The van der Waals surface area contributed by atoms with Gasteiger partial charge >= 0.3 is 0 Å². The molecular weight excluding hydrogens is 124 g/mol. The van der Waals surface area contributed by atoms with Crippen molar-refractivity contribution in [1.29, 1.82) is 0 Å². The highest BCUT2D eigenvalue weighted by Gasteiger charge is 1.99. The lowest BCUT2D eigenvalue weighted by Gasteiger charge is -2.04. The molecule has 1 atom stereocenters. The van der Waals surface area contributed by atoms with Crippen LogP contribution in [-0.2, 0) is 4.79 Å². The molecule has 0 aliphatic carbocycles. The van der Waals surface area contributed by atoms with E-state index in [-0.39, 0.29) is 0 Å². The first-order valence-electron chi connectivity index (χ1n) is 4.16. The summed E-state index contributed by atoms with van der Waals surface area (Å²) in [6.07, 6.45) is 7.56. The maximum absolute atomic E-state index is 9.92. The molecule has 0 amide bonds. The summed E-state index contributed by atoms with van der Waals surface area (Å²) in [5.41, 5.74) is 0. The molecule has 0 saturated heterocycles. The van der Waals surface area contributed by atoms with Gasteiger partial charge in [0.05, 0.1) is 0 Å². The third-order valence-electron chi connectivity index (χ3n) is 1.73. The average Bonchev–Trinajstić information content (AvgIpc) is 1.89. The first kappa shape index (κ1) is 9.67. The smallest absolute Gasteiger partial charge is 0.198 e. The van der Waals surface area contributed by atoms with E-state index in [2.05, 4.69) is 13.8 Å². The third-order valence-corrected chi connectivity index (χ3v) is 1.73. The Balaban J connectivity index is 3.04. The molecule has 0 aromatic rings. The van der Waals surface area contributed by atoms with Crippen LogP contribution in [0.1, 0.15) is 46.0 Å². The second kappa shape index (κ2) is 6.79. The summed E-state index contributed by atoms with van der Waals surface area (Å²) in [5.74, 6) is 0.545. The van der Waals surface area contributed by atoms with Crippen LogP contribution in [0.2, 0.25) is 0 Å². The van der Waals surface area contributed by atoms with Crippen molar-refractivity contribution >= 4 is 6.29 Å². The predicted molar refractivity (Wildman–Crippen MR) is 43.6 cm³/mol. The minimum absolute atomic E-state index is 0.545. The molecule has 1 radical (unpaired) electrons. The van der Waals surface area contributed by atoms with Crippen molar-refractivity contribution in [2.24, 2.45) is 5.92 Å². The van der Waals surface area contributed by atoms with E-state index in [0.717, 1.165) is 0 Å². The van der Waals surface area contributed by atoms with Gasteiger partial charge in [-0.05, 0) is 5.92 Å². The van der Waals surface area contributed by atoms with Crippen molar-refractivity contribution in [2.45, 2.75) is 46.0 Å². The number of carbonyl (C=O) groups excluding carboxylic acids is 1. The lowest BCUT2D eigenvalue weighted by molar-refractivity contribution is 0.484. The van der Waals surface area contributed by atoms with Gasteiger partial charge in [0.1, 0.15) is 0 Å². The fourth-order valence-corrected chi connectivity index (χ4v) is 0.987. The van der Waals surface area contributed by atoms with E-state index in [1.807, 2.05) is 6.29 Å². The molecule has 0 heterocycles. The zero-order valence-corrected chi connectivity index (χ0v) is 7.02. The van der Waals surface area contributed by atoms with E-state index >= 15 is 0 Å². The molecule has 0 saturated carbocycles. The summed E-state index contributed by atoms with van der Waals surface area (Å²) >= 11 is 0. The first-order chi connectivity index (χ1) is 4.81. The van der Waals surface area contributed by atoms with E-state index in [9.17, 15) is 4.79 Å². The van der Waals surface area contributed by atoms with Gasteiger partial charge in [0.2, 0.25) is 0 Å². The number of hydrogen-bond donors (Lipinski definition) is 0. The number of rotatable bonds is 6. The summed E-state index contributed by atoms with van der Waals surface area (Å²) in [6.45, 7) is 4.30. The van der Waals surface area contributed by atoms with Crippen molar-refractivity contribution in [2.75, 3.05) is 0 Å². The Morgan fingerprint density at radius 3 is 2.60 bits per heavy atom. The van der Waals surface area contributed by atoms with E-state index < -0.39 is 0 Å². The van der Waals surface area contributed by atoms with E-state index in [0.29, 0.717) is 12.3 Å². The first-order valence-corrected chi connectivity index (χ1v) is 4.16. The van der Waals surface area contributed by atoms with Crippen molar-refractivity contribution in [3.05, 3.63) is 0 Å². The Kier molecular flexibility index (Phi) is 6.56. The van der Waals surface area contributed by atoms with Crippen molar-refractivity contribution in [3.63, 3.8) is 0 Å². The molecule has 0 rings (SSSR count). The van der Waals surface area contributed by atoms with Crippen LogP contribution in [0.4, 0.5) is 0 Å². The second-order valence-electron chi connectivity index (χ2n) is 2.95. The summed E-state index contributed by atoms with van der Waals surface area (Å²) < 4.78 is 0. The van der Waals surface area contributed by atoms with Crippen LogP contribution in [0, 0.1) is 5.92 Å². The van der Waals surface area contributed by atoms with Crippen molar-refractivity contribution < 1.29 is 4.79 Å². The quantitative estimate of drug-likeness (QED) is 0.520. The number of hydrogen-bond acceptors (Lipinski definition) is 1. The van der Waals surface area contributed by atoms with Gasteiger partial charge in [0, 0.05) is 6.42 Å². The third kappa shape index (κ3) is 5.80. The lowest BCUT2D eigenvalue weighted by atomic mass is 10.0. The largest absolute Gasteiger partial charge is 0.291 e. The molecule has 1 unspecified atom stereocenters. The van der Waals surface area contributed by atoms with E-state index in [1.165, 1.54) is 25.7 Å². The summed E-state index contributed by atoms with van der Waals surface area (Å²) in [5, 5.41) is 0. The summed E-state index contributed by atoms with van der Waals surface area (Å²) in [4.78, 5) is 9.92. The number of unbranched alkanes of at least 4 members (excludes halogenated alkanes) is 2. The highest BCUT2D eigenvalue weighted by Crippen LogP contribution is 2.10. The monoisotopic (exact) mass is 141 g/mol. The molecular formula is C9H17O. The average molecular weight is 141 g/mol. The van der Waals surface area contributed by atoms with Gasteiger partial charge in [-0.3, -0.25) is 4.79 Å². The van der Waals surface area contributed by atoms with Crippen LogP contribution < -0.4 is 0 Å². The van der Waals surface area contributed by atoms with Gasteiger partial charge in [-0.2, -0.15) is 0 Å². The van der Waals surface area contributed by atoms with Gasteiger partial charge in [-0.25, -0.2) is 0 Å². The Morgan fingerprint density at radius 1 is 1.40 bits per heavy atom. The summed E-state index contributed by atoms with van der Waals surface area (Å²) in [7, 11) is 0. The lowest BCUT2D eigenvalue weighted by Crippen LogP contribution is -1.94. The van der Waals surface area contributed by atoms with Gasteiger partial charge in [0.15, 0.2) is 6.29 Å². The minimum atomic E-state index is 0.545. The van der Waals surface area contributed by atoms with Gasteiger partial charge < -0.3 is 0 Å². The topological polar surface area (TPSA) is 17.1 Å². The highest BCUT2D eigenvalue weighted by molar-refractivity contribution is 5.50. The predicted octanol–water partition coefficient (Wildman–Crippen LogP) is 2.70. The zero-order valence-electron chi connectivity index (χ0n) is 7.02. The van der Waals surface area contributed by atoms with Gasteiger partial charge in [-0.15, -0.1) is 0 Å². The molecule has 0 spiro atoms. The molecule has 0 aliphatic rings. The van der Waals surface area contributed by atoms with E-state index in [1.54, 1.807) is 0 Å². The molecule has 0 aliphatic heterocycles. The molecule has 1 nitrogen and oxygen atoms in total. The Hall–Kier alpha value is -0.330. The summed E-state index contributed by atoms with van der Waals surface area (Å²) in [6, 6.07) is 0. The maximum Gasteiger partial charge on any atom is 0.198 e. The molecule has 1 heteroatoms. The fourth-order valence-electron chi connectivity index (χ4n) is 0.987. The molecule has 0 aromatic carbocycles. The zero-order chi connectivity index (χ0) is 7.82. The van der Waals surface area contributed by atoms with Crippen LogP contribution in [0.5, 0.6) is 0 Å². The van der Waals surface area contributed by atoms with Gasteiger partial charge in [0.25, 0.3) is 0 Å². The highest BCUT2D eigenvalue weighted by atomic mass is 16.1. The van der Waals surface area contributed by atoms with Crippen LogP contribution in [-0.4, -0.2) is 6.29 Å². The maximum atomic E-state index is 9.92. The fraction of sp³-hybridized carbons (Fsp3) is 0.889. The van der Waals surface area contributed by atoms with Crippen LogP contribution in [0.3, 0.4) is 0 Å². The molecule has 10 heavy (non-hydrogen) atoms. The second-order valence-corrected chi connectivity index (χ2v) is 2.95. The van der Waals surface area contributed by atoms with Crippen molar-refractivity contribution in [3.8, 4) is 0 Å². The minimum Gasteiger partial charge on any atom is -0.291 e. The van der Waals surface area contributed by atoms with Crippen LogP contribution in [0.15, 0.2) is 0 Å². The van der Waals surface area contributed by atoms with Gasteiger partial charge in [-0.1, -0.05) is 39.5 Å². The SMILES string of the molecule is CCCCCC(C)C[C]=O. The molecule has 0 aromatic heterocycles. The van der Waals surface area contributed by atoms with Crippen LogP contribution in [0.25, 0.3) is 0 Å². The Morgan fingerprint density at radius 2 is 2.10 bits per heavy atom. The molecule has 0 fully saturated rings. The van der Waals surface area contributed by atoms with Crippen molar-refractivity contribution in [1.82, 2.24) is 0 Å². The molecule has 0 N–H and O–H groups in total. The van der Waals surface area contributed by atoms with Crippen LogP contribution >= 0.6 is 0 Å². The molecule has 0 bridgehead atoms. The standard InChI is InChI=1S/C9H17O/c1-3-4-5-6-9(2)7-8-10/h9H,3-7H2,1-2H3. The van der Waals surface area contributed by atoms with E-state index in [4.69, 9.17) is 0 Å². The Bertz CT molecular complexity index is 78.8. The normalized spacial score (nSPS) is 13.0. The molecule has 59 valence electrons. The Labute approximate surface area is 63.8 Å².